The number of benzene rings is 3. The minimum atomic E-state index is -4.19. The molecular weight excluding hydrogens is 511 g/mol. The Morgan fingerprint density at radius 1 is 0.848 bits per heavy atom. The van der Waals surface area contributed by atoms with E-state index in [4.69, 9.17) is 44.3 Å². The molecule has 1 N–H and O–H groups in total. The van der Waals surface area contributed by atoms with E-state index in [2.05, 4.69) is 5.32 Å². The number of carbonyl (C=O) groups is 1. The fourth-order valence-corrected chi connectivity index (χ4v) is 5.07. The molecule has 7 nitrogen and oxygen atoms in total. The molecule has 0 spiro atoms. The van der Waals surface area contributed by atoms with Crippen molar-refractivity contribution in [2.75, 3.05) is 30.4 Å². The third kappa shape index (κ3) is 6.03. The number of amides is 1. The second-order valence-corrected chi connectivity index (χ2v) is 9.88. The fraction of sp³-hybridized carbons (Fsp3) is 0.136. The highest BCUT2D eigenvalue weighted by Gasteiger charge is 2.28. The molecule has 0 aliphatic carbocycles. The first-order valence-electron chi connectivity index (χ1n) is 9.40. The van der Waals surface area contributed by atoms with Gasteiger partial charge in [-0.1, -0.05) is 34.8 Å². The van der Waals surface area contributed by atoms with Crippen molar-refractivity contribution in [2.24, 2.45) is 0 Å². The van der Waals surface area contributed by atoms with Crippen LogP contribution in [0.4, 0.5) is 11.4 Å². The molecule has 0 saturated heterocycles. The number of hydrogen-bond donors (Lipinski definition) is 1. The molecule has 0 radical (unpaired) electrons. The van der Waals surface area contributed by atoms with Crippen LogP contribution >= 0.6 is 34.8 Å². The minimum absolute atomic E-state index is 0.0892. The highest BCUT2D eigenvalue weighted by molar-refractivity contribution is 7.92. The van der Waals surface area contributed by atoms with Crippen LogP contribution in [0.1, 0.15) is 0 Å². The van der Waals surface area contributed by atoms with Gasteiger partial charge in [-0.15, -0.1) is 0 Å². The standard InChI is InChI=1S/C22H19Cl3N2O5S/c1-31-20-8-7-19(12-21(20)32-2)33(29,30)27(18-5-3-14(23)4-6-18)13-22(28)26-17-10-15(24)9-16(25)11-17/h3-12H,13H2,1-2H3,(H,26,28). The number of carbonyl (C=O) groups excluding carboxylic acids is 1. The molecule has 1 amide bonds. The summed E-state index contributed by atoms with van der Waals surface area (Å²) >= 11 is 17.9. The molecule has 174 valence electrons. The summed E-state index contributed by atoms with van der Waals surface area (Å²) in [5.74, 6) is -0.00921. The molecule has 33 heavy (non-hydrogen) atoms. The van der Waals surface area contributed by atoms with Crippen molar-refractivity contribution in [3.8, 4) is 11.5 Å². The van der Waals surface area contributed by atoms with E-state index >= 15 is 0 Å². The van der Waals surface area contributed by atoms with Crippen LogP contribution in [0.15, 0.2) is 65.6 Å². The topological polar surface area (TPSA) is 84.9 Å². The number of ether oxygens (including phenoxy) is 2. The number of sulfonamides is 1. The lowest BCUT2D eigenvalue weighted by atomic mass is 10.3. The number of nitrogens with one attached hydrogen (secondary N) is 1. The second kappa shape index (κ2) is 10.5. The molecular formula is C22H19Cl3N2O5S. The van der Waals surface area contributed by atoms with Gasteiger partial charge in [-0.2, -0.15) is 0 Å². The normalized spacial score (nSPS) is 11.1. The van der Waals surface area contributed by atoms with Crippen molar-refractivity contribution in [1.29, 1.82) is 0 Å². The largest absolute Gasteiger partial charge is 0.493 e. The van der Waals surface area contributed by atoms with Gasteiger partial charge in [-0.05, 0) is 54.6 Å². The highest BCUT2D eigenvalue weighted by atomic mass is 35.5. The molecule has 0 aliphatic rings. The molecule has 0 unspecified atom stereocenters. The van der Waals surface area contributed by atoms with E-state index in [0.717, 1.165) is 4.31 Å². The number of halogens is 3. The number of methoxy groups -OCH3 is 2. The Balaban J connectivity index is 1.99. The van der Waals surface area contributed by atoms with Crippen LogP contribution in [0, 0.1) is 0 Å². The summed E-state index contributed by atoms with van der Waals surface area (Å²) in [5, 5.41) is 3.68. The van der Waals surface area contributed by atoms with Gasteiger partial charge >= 0.3 is 0 Å². The molecule has 0 atom stereocenters. The summed E-state index contributed by atoms with van der Waals surface area (Å²) in [5.41, 5.74) is 0.575. The van der Waals surface area contributed by atoms with E-state index in [1.165, 1.54) is 74.9 Å². The smallest absolute Gasteiger partial charge is 0.264 e. The molecule has 0 heterocycles. The molecule has 0 fully saturated rings. The lowest BCUT2D eigenvalue weighted by Gasteiger charge is -2.24. The average Bonchev–Trinajstić information content (AvgIpc) is 2.76. The van der Waals surface area contributed by atoms with Gasteiger partial charge < -0.3 is 14.8 Å². The molecule has 0 bridgehead atoms. The predicted molar refractivity (Wildman–Crippen MR) is 131 cm³/mol. The average molecular weight is 530 g/mol. The Kier molecular flexibility index (Phi) is 7.97. The van der Waals surface area contributed by atoms with Crippen molar-refractivity contribution in [1.82, 2.24) is 0 Å². The van der Waals surface area contributed by atoms with Crippen molar-refractivity contribution < 1.29 is 22.7 Å². The zero-order valence-electron chi connectivity index (χ0n) is 17.5. The van der Waals surface area contributed by atoms with Gasteiger partial charge in [0, 0.05) is 26.8 Å². The fourth-order valence-electron chi connectivity index (χ4n) is 2.98. The van der Waals surface area contributed by atoms with E-state index in [1.807, 2.05) is 0 Å². The Hall–Kier alpha value is -2.65. The van der Waals surface area contributed by atoms with Crippen molar-refractivity contribution in [3.05, 3.63) is 75.7 Å². The lowest BCUT2D eigenvalue weighted by Crippen LogP contribution is -2.38. The third-order valence-corrected chi connectivity index (χ3v) is 6.95. The van der Waals surface area contributed by atoms with Gasteiger partial charge in [-0.3, -0.25) is 9.10 Å². The maximum atomic E-state index is 13.6. The Morgan fingerprint density at radius 3 is 2.03 bits per heavy atom. The number of nitrogens with zero attached hydrogens (tertiary/aromatic N) is 1. The molecule has 3 rings (SSSR count). The number of anilines is 2. The predicted octanol–water partition coefficient (Wildman–Crippen LogP) is 5.50. The maximum absolute atomic E-state index is 13.6. The maximum Gasteiger partial charge on any atom is 0.264 e. The van der Waals surface area contributed by atoms with Gasteiger partial charge in [0.15, 0.2) is 11.5 Å². The Bertz CT molecular complexity index is 1250. The van der Waals surface area contributed by atoms with Gasteiger partial charge in [0.2, 0.25) is 5.91 Å². The highest BCUT2D eigenvalue weighted by Crippen LogP contribution is 2.32. The monoisotopic (exact) mass is 528 g/mol. The van der Waals surface area contributed by atoms with Gasteiger partial charge in [-0.25, -0.2) is 8.42 Å². The zero-order chi connectivity index (χ0) is 24.2. The first kappa shape index (κ1) is 25.0. The van der Waals surface area contributed by atoms with Crippen molar-refractivity contribution >= 4 is 62.1 Å². The first-order chi connectivity index (χ1) is 15.6. The molecule has 0 aliphatic heterocycles. The Labute approximate surface area is 206 Å². The van der Waals surface area contributed by atoms with Gasteiger partial charge in [0.05, 0.1) is 24.8 Å². The van der Waals surface area contributed by atoms with Gasteiger partial charge in [0.25, 0.3) is 10.0 Å². The van der Waals surface area contributed by atoms with Crippen molar-refractivity contribution in [2.45, 2.75) is 4.90 Å². The SMILES string of the molecule is COc1ccc(S(=O)(=O)N(CC(=O)Nc2cc(Cl)cc(Cl)c2)c2ccc(Cl)cc2)cc1OC. The molecule has 0 saturated carbocycles. The van der Waals surface area contributed by atoms with Crippen LogP contribution in [-0.2, 0) is 14.8 Å². The minimum Gasteiger partial charge on any atom is -0.493 e. The van der Waals surface area contributed by atoms with E-state index < -0.39 is 22.5 Å². The van der Waals surface area contributed by atoms with Crippen molar-refractivity contribution in [3.63, 3.8) is 0 Å². The summed E-state index contributed by atoms with van der Waals surface area (Å²) in [6, 6.07) is 14.8. The van der Waals surface area contributed by atoms with Gasteiger partial charge in [0.1, 0.15) is 6.54 Å². The van der Waals surface area contributed by atoms with E-state index in [9.17, 15) is 13.2 Å². The summed E-state index contributed by atoms with van der Waals surface area (Å²) in [6.07, 6.45) is 0. The summed E-state index contributed by atoms with van der Waals surface area (Å²) < 4.78 is 38.5. The lowest BCUT2D eigenvalue weighted by molar-refractivity contribution is -0.114. The number of hydrogen-bond acceptors (Lipinski definition) is 5. The molecule has 11 heteroatoms. The van der Waals surface area contributed by atoms with Crippen LogP contribution < -0.4 is 19.1 Å². The van der Waals surface area contributed by atoms with E-state index in [1.54, 1.807) is 0 Å². The first-order valence-corrected chi connectivity index (χ1v) is 12.0. The third-order valence-electron chi connectivity index (χ3n) is 4.49. The molecule has 0 aromatic heterocycles. The van der Waals surface area contributed by atoms with Crippen LogP contribution in [0.2, 0.25) is 15.1 Å². The Morgan fingerprint density at radius 2 is 1.45 bits per heavy atom. The van der Waals surface area contributed by atoms with Crippen LogP contribution in [0.5, 0.6) is 11.5 Å². The van der Waals surface area contributed by atoms with Crippen LogP contribution in [0.3, 0.4) is 0 Å². The number of rotatable bonds is 8. The summed E-state index contributed by atoms with van der Waals surface area (Å²) in [6.45, 7) is -0.525. The summed E-state index contributed by atoms with van der Waals surface area (Å²) in [7, 11) is -1.35. The van der Waals surface area contributed by atoms with E-state index in [-0.39, 0.29) is 16.3 Å². The zero-order valence-corrected chi connectivity index (χ0v) is 20.6. The molecule has 3 aromatic rings. The molecule has 3 aromatic carbocycles. The second-order valence-electron chi connectivity index (χ2n) is 6.71. The van der Waals surface area contributed by atoms with Crippen LogP contribution in [-0.4, -0.2) is 35.1 Å². The summed E-state index contributed by atoms with van der Waals surface area (Å²) in [4.78, 5) is 12.7. The van der Waals surface area contributed by atoms with E-state index in [0.29, 0.717) is 26.5 Å². The quantitative estimate of drug-likeness (QED) is 0.417. The van der Waals surface area contributed by atoms with Crippen LogP contribution in [0.25, 0.3) is 0 Å².